The molecule has 2 aromatic carbocycles. The molecule has 0 radical (unpaired) electrons. The summed E-state index contributed by atoms with van der Waals surface area (Å²) in [7, 11) is 0. The molecule has 1 saturated heterocycles. The highest BCUT2D eigenvalue weighted by atomic mass is 19.1. The minimum Gasteiger partial charge on any atom is -0.388 e. The lowest BCUT2D eigenvalue weighted by Crippen LogP contribution is -2.49. The van der Waals surface area contributed by atoms with Crippen molar-refractivity contribution >= 4 is 22.8 Å². The van der Waals surface area contributed by atoms with E-state index in [1.54, 1.807) is 17.0 Å². The lowest BCUT2D eigenvalue weighted by atomic mass is 9.90. The number of benzene rings is 2. The summed E-state index contributed by atoms with van der Waals surface area (Å²) in [6.45, 7) is 2.87. The van der Waals surface area contributed by atoms with E-state index in [-0.39, 0.29) is 35.2 Å². The summed E-state index contributed by atoms with van der Waals surface area (Å²) in [5.74, 6) is -0.521. The van der Waals surface area contributed by atoms with Gasteiger partial charge in [-0.05, 0) is 67.6 Å². The largest absolute Gasteiger partial charge is 0.388 e. The number of aromatic nitrogens is 4. The number of piperidine rings is 1. The van der Waals surface area contributed by atoms with Crippen LogP contribution in [0.3, 0.4) is 0 Å². The molecule has 2 aromatic heterocycles. The molecule has 0 spiro atoms. The molecule has 10 nitrogen and oxygen atoms in total. The van der Waals surface area contributed by atoms with Crippen LogP contribution in [0.15, 0.2) is 65.8 Å². The molecule has 6 rings (SSSR count). The van der Waals surface area contributed by atoms with Crippen molar-refractivity contribution in [3.8, 4) is 5.69 Å². The molecule has 11 heteroatoms. The Labute approximate surface area is 235 Å². The van der Waals surface area contributed by atoms with Crippen LogP contribution in [0.25, 0.3) is 16.7 Å². The second-order valence-corrected chi connectivity index (χ2v) is 11.2. The molecule has 212 valence electrons. The molecule has 0 unspecified atom stereocenters. The van der Waals surface area contributed by atoms with Crippen LogP contribution in [0.1, 0.15) is 48.5 Å². The molecule has 41 heavy (non-hydrogen) atoms. The van der Waals surface area contributed by atoms with Crippen molar-refractivity contribution in [2.75, 3.05) is 19.6 Å². The number of fused-ring (bicyclic) bond motifs is 1. The van der Waals surface area contributed by atoms with Gasteiger partial charge in [0.15, 0.2) is 5.65 Å². The van der Waals surface area contributed by atoms with Gasteiger partial charge in [0.25, 0.3) is 11.5 Å². The fraction of sp³-hybridized carbons (Fsp3) is 0.367. The predicted molar refractivity (Wildman–Crippen MR) is 149 cm³/mol. The van der Waals surface area contributed by atoms with E-state index in [1.165, 1.54) is 40.8 Å². The number of likely N-dealkylation sites (tertiary alicyclic amines) is 1. The lowest BCUT2D eigenvalue weighted by Gasteiger charge is -2.38. The maximum absolute atomic E-state index is 13.3. The van der Waals surface area contributed by atoms with Crippen LogP contribution in [-0.4, -0.2) is 66.4 Å². The van der Waals surface area contributed by atoms with Gasteiger partial charge < -0.3 is 15.3 Å². The minimum atomic E-state index is -1.17. The van der Waals surface area contributed by atoms with Crippen molar-refractivity contribution in [3.63, 3.8) is 0 Å². The van der Waals surface area contributed by atoms with Gasteiger partial charge in [0.2, 0.25) is 5.91 Å². The summed E-state index contributed by atoms with van der Waals surface area (Å²) in [5.41, 5.74) is 1.09. The third kappa shape index (κ3) is 5.24. The van der Waals surface area contributed by atoms with E-state index in [9.17, 15) is 23.9 Å². The van der Waals surface area contributed by atoms with E-state index in [0.717, 1.165) is 18.4 Å². The van der Waals surface area contributed by atoms with Crippen LogP contribution in [0.5, 0.6) is 0 Å². The van der Waals surface area contributed by atoms with Crippen LogP contribution < -0.4 is 10.9 Å². The topological polar surface area (TPSA) is 122 Å². The first-order chi connectivity index (χ1) is 19.7. The van der Waals surface area contributed by atoms with E-state index < -0.39 is 5.60 Å². The number of halogens is 1. The second kappa shape index (κ2) is 10.2. The van der Waals surface area contributed by atoms with Crippen molar-refractivity contribution in [1.82, 2.24) is 29.5 Å². The number of hydrogen-bond donors (Lipinski definition) is 2. The molecular weight excluding hydrogens is 527 g/mol. The minimum absolute atomic E-state index is 0.0372. The summed E-state index contributed by atoms with van der Waals surface area (Å²) >= 11 is 0. The van der Waals surface area contributed by atoms with Gasteiger partial charge in [-0.1, -0.05) is 12.1 Å². The first kappa shape index (κ1) is 26.8. The third-order valence-corrected chi connectivity index (χ3v) is 8.35. The van der Waals surface area contributed by atoms with Crippen molar-refractivity contribution < 1.29 is 19.1 Å². The number of carbonyl (C=O) groups excluding carboxylic acids is 2. The molecule has 2 N–H and O–H groups in total. The van der Waals surface area contributed by atoms with Crippen LogP contribution >= 0.6 is 0 Å². The Morgan fingerprint density at radius 3 is 2.34 bits per heavy atom. The molecule has 2 aliphatic rings. The van der Waals surface area contributed by atoms with E-state index in [0.29, 0.717) is 54.8 Å². The molecule has 2 amide bonds. The third-order valence-electron chi connectivity index (χ3n) is 8.35. The lowest BCUT2D eigenvalue weighted by molar-refractivity contribution is -0.119. The summed E-state index contributed by atoms with van der Waals surface area (Å²) in [6, 6.07) is 13.3. The zero-order valence-corrected chi connectivity index (χ0v) is 22.7. The zero-order chi connectivity index (χ0) is 28.8. The van der Waals surface area contributed by atoms with E-state index in [1.807, 2.05) is 24.3 Å². The van der Waals surface area contributed by atoms with Gasteiger partial charge in [0, 0.05) is 37.5 Å². The van der Waals surface area contributed by atoms with Crippen molar-refractivity contribution in [2.24, 2.45) is 0 Å². The number of carbonyl (C=O) groups is 2. The Bertz CT molecular complexity index is 1670. The molecule has 2 fully saturated rings. The number of rotatable bonds is 7. The van der Waals surface area contributed by atoms with E-state index >= 15 is 0 Å². The average molecular weight is 559 g/mol. The van der Waals surface area contributed by atoms with Crippen LogP contribution in [-0.2, 0) is 16.8 Å². The molecule has 1 aliphatic heterocycles. The number of amides is 2. The first-order valence-corrected chi connectivity index (χ1v) is 13.7. The highest BCUT2D eigenvalue weighted by Crippen LogP contribution is 2.47. The molecule has 0 bridgehead atoms. The zero-order valence-electron chi connectivity index (χ0n) is 22.7. The molecule has 3 heterocycles. The van der Waals surface area contributed by atoms with Crippen LogP contribution in [0, 0.1) is 5.82 Å². The SMILES string of the molecule is CC(=O)NCC1(c2ccc(C(=O)N3CCC(O)(Cn4cnc5c(cnn5-c5ccc(F)cc5)c4=O)CC3)cc2)CC1. The summed E-state index contributed by atoms with van der Waals surface area (Å²) in [6.07, 6.45) is 5.46. The van der Waals surface area contributed by atoms with Crippen LogP contribution in [0.4, 0.5) is 4.39 Å². The fourth-order valence-corrected chi connectivity index (χ4v) is 5.59. The van der Waals surface area contributed by atoms with Crippen LogP contribution in [0.2, 0.25) is 0 Å². The van der Waals surface area contributed by atoms with Crippen molar-refractivity contribution in [1.29, 1.82) is 0 Å². The summed E-state index contributed by atoms with van der Waals surface area (Å²) in [4.78, 5) is 43.8. The smallest absolute Gasteiger partial charge is 0.264 e. The van der Waals surface area contributed by atoms with E-state index in [4.69, 9.17) is 0 Å². The maximum atomic E-state index is 13.3. The normalized spacial score (nSPS) is 17.4. The van der Waals surface area contributed by atoms with Gasteiger partial charge in [-0.3, -0.25) is 19.0 Å². The number of aliphatic hydroxyl groups is 1. The average Bonchev–Trinajstić information content (AvgIpc) is 3.65. The Kier molecular flexibility index (Phi) is 6.69. The Morgan fingerprint density at radius 2 is 1.71 bits per heavy atom. The molecule has 0 atom stereocenters. The maximum Gasteiger partial charge on any atom is 0.264 e. The number of nitrogens with one attached hydrogen (secondary N) is 1. The van der Waals surface area contributed by atoms with Gasteiger partial charge in [-0.15, -0.1) is 0 Å². The van der Waals surface area contributed by atoms with Gasteiger partial charge >= 0.3 is 0 Å². The number of nitrogens with zero attached hydrogens (tertiary/aromatic N) is 5. The summed E-state index contributed by atoms with van der Waals surface area (Å²) < 4.78 is 16.2. The van der Waals surface area contributed by atoms with Crippen molar-refractivity contribution in [2.45, 2.75) is 50.2 Å². The highest BCUT2D eigenvalue weighted by molar-refractivity contribution is 5.94. The van der Waals surface area contributed by atoms with Gasteiger partial charge in [0.1, 0.15) is 17.5 Å². The van der Waals surface area contributed by atoms with E-state index in [2.05, 4.69) is 15.4 Å². The highest BCUT2D eigenvalue weighted by Gasteiger charge is 2.44. The second-order valence-electron chi connectivity index (χ2n) is 11.2. The van der Waals surface area contributed by atoms with Crippen molar-refractivity contribution in [3.05, 3.63) is 88.4 Å². The molecular formula is C30H31FN6O4. The van der Waals surface area contributed by atoms with Gasteiger partial charge in [-0.2, -0.15) is 5.10 Å². The number of hydrogen-bond acceptors (Lipinski definition) is 6. The standard InChI is InChI=1S/C30H31FN6O4/c1-20(38)32-17-29(10-11-29)22-4-2-21(3-5-22)27(39)35-14-12-30(41,13-15-35)18-36-19-33-26-25(28(36)40)16-34-37(26)24-8-6-23(31)7-9-24/h2-9,16,19,41H,10-15,17-18H2,1H3,(H,32,38). The van der Waals surface area contributed by atoms with Gasteiger partial charge in [-0.25, -0.2) is 14.1 Å². The Hall–Kier alpha value is -4.38. The predicted octanol–water partition coefficient (Wildman–Crippen LogP) is 2.56. The summed E-state index contributed by atoms with van der Waals surface area (Å²) in [5, 5.41) is 18.8. The Morgan fingerprint density at radius 1 is 1.02 bits per heavy atom. The Balaban J connectivity index is 1.10. The monoisotopic (exact) mass is 558 g/mol. The first-order valence-electron chi connectivity index (χ1n) is 13.7. The molecule has 1 aliphatic carbocycles. The quantitative estimate of drug-likeness (QED) is 0.360. The molecule has 4 aromatic rings. The van der Waals surface area contributed by atoms with Gasteiger partial charge in [0.05, 0.1) is 24.0 Å². The molecule has 1 saturated carbocycles. The fourth-order valence-electron chi connectivity index (χ4n) is 5.59.